The first-order chi connectivity index (χ1) is 11.3. The van der Waals surface area contributed by atoms with Gasteiger partial charge in [-0.1, -0.05) is 37.0 Å². The number of benzene rings is 1. The predicted molar refractivity (Wildman–Crippen MR) is 94.0 cm³/mol. The lowest BCUT2D eigenvalue weighted by molar-refractivity contribution is -0.135. The van der Waals surface area contributed by atoms with E-state index in [1.54, 1.807) is 12.1 Å². The lowest BCUT2D eigenvalue weighted by Crippen LogP contribution is -2.52. The van der Waals surface area contributed by atoms with E-state index in [2.05, 4.69) is 0 Å². The first-order valence-electron chi connectivity index (χ1n) is 8.29. The molecular formula is C18H21Cl2NO3. The van der Waals surface area contributed by atoms with Crippen molar-refractivity contribution in [2.45, 2.75) is 45.1 Å². The summed E-state index contributed by atoms with van der Waals surface area (Å²) in [7, 11) is 0. The molecule has 1 aromatic carbocycles. The first kappa shape index (κ1) is 17.6. The number of likely N-dealkylation sites (tertiary alicyclic amines) is 1. The van der Waals surface area contributed by atoms with E-state index >= 15 is 0 Å². The zero-order chi connectivity index (χ0) is 17.5. The van der Waals surface area contributed by atoms with Crippen LogP contribution in [-0.2, 0) is 4.79 Å². The Morgan fingerprint density at radius 2 is 1.96 bits per heavy atom. The standard InChI is InChI=1S/C18H21Cl2NO3/c1-11(2)7-16(23)21-5-3-18(4-6-21)10-15(22)13-8-12(19)9-14(20)17(13)24-18/h8-9,11H,3-7,10H2,1-2H3. The van der Waals surface area contributed by atoms with Gasteiger partial charge < -0.3 is 9.64 Å². The molecule has 1 aromatic rings. The monoisotopic (exact) mass is 369 g/mol. The summed E-state index contributed by atoms with van der Waals surface area (Å²) >= 11 is 12.2. The second-order valence-electron chi connectivity index (χ2n) is 7.13. The molecule has 0 aromatic heterocycles. The van der Waals surface area contributed by atoms with Gasteiger partial charge in [-0.2, -0.15) is 0 Å². The van der Waals surface area contributed by atoms with E-state index in [0.29, 0.717) is 66.0 Å². The highest BCUT2D eigenvalue weighted by atomic mass is 35.5. The maximum atomic E-state index is 12.5. The van der Waals surface area contributed by atoms with Crippen LogP contribution in [0.2, 0.25) is 10.0 Å². The van der Waals surface area contributed by atoms with Gasteiger partial charge in [0.05, 0.1) is 17.0 Å². The molecule has 1 fully saturated rings. The van der Waals surface area contributed by atoms with Crippen LogP contribution in [0.5, 0.6) is 5.75 Å². The number of rotatable bonds is 2. The highest BCUT2D eigenvalue weighted by Gasteiger charge is 2.44. The Labute approximate surface area is 152 Å². The Hall–Kier alpha value is -1.26. The van der Waals surface area contributed by atoms with Crippen molar-refractivity contribution in [1.82, 2.24) is 4.90 Å². The Morgan fingerprint density at radius 3 is 2.58 bits per heavy atom. The number of piperidine rings is 1. The number of fused-ring (bicyclic) bond motifs is 1. The largest absolute Gasteiger partial charge is 0.484 e. The van der Waals surface area contributed by atoms with E-state index in [0.717, 1.165) is 0 Å². The summed E-state index contributed by atoms with van der Waals surface area (Å²) < 4.78 is 6.18. The summed E-state index contributed by atoms with van der Waals surface area (Å²) in [6.45, 7) is 5.30. The number of ether oxygens (including phenoxy) is 1. The second kappa shape index (κ2) is 6.57. The summed E-state index contributed by atoms with van der Waals surface area (Å²) in [4.78, 5) is 26.6. The van der Waals surface area contributed by atoms with Crippen LogP contribution in [0.15, 0.2) is 12.1 Å². The van der Waals surface area contributed by atoms with Gasteiger partial charge in [-0.05, 0) is 18.1 Å². The first-order valence-corrected chi connectivity index (χ1v) is 9.04. The molecule has 0 bridgehead atoms. The number of carbonyl (C=O) groups excluding carboxylic acids is 2. The van der Waals surface area contributed by atoms with Crippen molar-refractivity contribution in [2.75, 3.05) is 13.1 Å². The fourth-order valence-electron chi connectivity index (χ4n) is 3.43. The van der Waals surface area contributed by atoms with Crippen LogP contribution >= 0.6 is 23.2 Å². The smallest absolute Gasteiger partial charge is 0.222 e. The van der Waals surface area contributed by atoms with Crippen LogP contribution in [0, 0.1) is 5.92 Å². The van der Waals surface area contributed by atoms with E-state index < -0.39 is 5.60 Å². The van der Waals surface area contributed by atoms with Crippen molar-refractivity contribution in [3.05, 3.63) is 27.7 Å². The van der Waals surface area contributed by atoms with Crippen LogP contribution in [0.3, 0.4) is 0 Å². The highest BCUT2D eigenvalue weighted by Crippen LogP contribution is 2.44. The van der Waals surface area contributed by atoms with Gasteiger partial charge in [0.2, 0.25) is 5.91 Å². The van der Waals surface area contributed by atoms with Crippen molar-refractivity contribution >= 4 is 34.9 Å². The molecule has 0 aliphatic carbocycles. The fraction of sp³-hybridized carbons (Fsp3) is 0.556. The third kappa shape index (κ3) is 3.40. The molecule has 2 aliphatic rings. The third-order valence-corrected chi connectivity index (χ3v) is 5.22. The van der Waals surface area contributed by atoms with Gasteiger partial charge in [0, 0.05) is 37.4 Å². The maximum absolute atomic E-state index is 12.5. The molecule has 1 spiro atoms. The minimum absolute atomic E-state index is 0.00241. The van der Waals surface area contributed by atoms with Crippen LogP contribution in [-0.4, -0.2) is 35.3 Å². The van der Waals surface area contributed by atoms with Crippen LogP contribution < -0.4 is 4.74 Å². The number of Topliss-reactive ketones (excluding diaryl/α,β-unsaturated/α-hetero) is 1. The molecule has 4 nitrogen and oxygen atoms in total. The minimum atomic E-state index is -0.559. The van der Waals surface area contributed by atoms with Crippen LogP contribution in [0.4, 0.5) is 0 Å². The van der Waals surface area contributed by atoms with Crippen molar-refractivity contribution < 1.29 is 14.3 Å². The van der Waals surface area contributed by atoms with E-state index in [-0.39, 0.29) is 11.7 Å². The van der Waals surface area contributed by atoms with Crippen molar-refractivity contribution in [1.29, 1.82) is 0 Å². The molecule has 3 rings (SSSR count). The van der Waals surface area contributed by atoms with Gasteiger partial charge in [-0.15, -0.1) is 0 Å². The molecule has 6 heteroatoms. The third-order valence-electron chi connectivity index (χ3n) is 4.72. The summed E-state index contributed by atoms with van der Waals surface area (Å²) in [6, 6.07) is 3.20. The highest BCUT2D eigenvalue weighted by molar-refractivity contribution is 6.36. The Bertz CT molecular complexity index is 679. The topological polar surface area (TPSA) is 46.6 Å². The Kier molecular flexibility index (Phi) is 4.80. The van der Waals surface area contributed by atoms with Gasteiger partial charge in [0.1, 0.15) is 11.4 Å². The van der Waals surface area contributed by atoms with Crippen LogP contribution in [0.25, 0.3) is 0 Å². The predicted octanol–water partition coefficient (Wildman–Crippen LogP) is 4.37. The maximum Gasteiger partial charge on any atom is 0.222 e. The zero-order valence-electron chi connectivity index (χ0n) is 13.9. The van der Waals surface area contributed by atoms with Crippen molar-refractivity contribution in [3.63, 3.8) is 0 Å². The van der Waals surface area contributed by atoms with Gasteiger partial charge in [-0.3, -0.25) is 9.59 Å². The number of hydrogen-bond acceptors (Lipinski definition) is 3. The second-order valence-corrected chi connectivity index (χ2v) is 7.97. The van der Waals surface area contributed by atoms with E-state index in [9.17, 15) is 9.59 Å². The number of amides is 1. The molecule has 1 amide bonds. The lowest BCUT2D eigenvalue weighted by Gasteiger charge is -2.44. The average Bonchev–Trinajstić information content (AvgIpc) is 2.49. The van der Waals surface area contributed by atoms with E-state index in [4.69, 9.17) is 27.9 Å². The van der Waals surface area contributed by atoms with Gasteiger partial charge in [0.25, 0.3) is 0 Å². The molecule has 0 N–H and O–H groups in total. The Balaban J connectivity index is 1.75. The number of halogens is 2. The molecular weight excluding hydrogens is 349 g/mol. The van der Waals surface area contributed by atoms with E-state index in [1.165, 1.54) is 0 Å². The van der Waals surface area contributed by atoms with Crippen molar-refractivity contribution in [2.24, 2.45) is 5.92 Å². The normalized spacial score (nSPS) is 19.4. The van der Waals surface area contributed by atoms with E-state index in [1.807, 2.05) is 18.7 Å². The van der Waals surface area contributed by atoms with Crippen molar-refractivity contribution in [3.8, 4) is 5.75 Å². The Morgan fingerprint density at radius 1 is 1.29 bits per heavy atom. The van der Waals surface area contributed by atoms with Gasteiger partial charge >= 0.3 is 0 Å². The fourth-order valence-corrected chi connectivity index (χ4v) is 3.96. The minimum Gasteiger partial charge on any atom is -0.484 e. The number of nitrogens with zero attached hydrogens (tertiary/aromatic N) is 1. The molecule has 0 atom stereocenters. The molecule has 2 aliphatic heterocycles. The van der Waals surface area contributed by atoms with Gasteiger partial charge in [0.15, 0.2) is 5.78 Å². The van der Waals surface area contributed by atoms with Crippen LogP contribution in [0.1, 0.15) is 49.9 Å². The number of ketones is 1. The molecule has 0 saturated carbocycles. The molecule has 130 valence electrons. The summed E-state index contributed by atoms with van der Waals surface area (Å²) in [5, 5.41) is 0.795. The SMILES string of the molecule is CC(C)CC(=O)N1CCC2(CC1)CC(=O)c1cc(Cl)cc(Cl)c1O2. The summed E-state index contributed by atoms with van der Waals surface area (Å²) in [5.41, 5.74) is -0.104. The number of hydrogen-bond donors (Lipinski definition) is 0. The number of carbonyl (C=O) groups is 2. The molecule has 2 heterocycles. The summed E-state index contributed by atoms with van der Waals surface area (Å²) in [6.07, 6.45) is 2.14. The quantitative estimate of drug-likeness (QED) is 0.777. The molecule has 24 heavy (non-hydrogen) atoms. The molecule has 1 saturated heterocycles. The average molecular weight is 370 g/mol. The zero-order valence-corrected chi connectivity index (χ0v) is 15.4. The molecule has 0 radical (unpaired) electrons. The van der Waals surface area contributed by atoms with Gasteiger partial charge in [-0.25, -0.2) is 0 Å². The lowest BCUT2D eigenvalue weighted by atomic mass is 9.82. The summed E-state index contributed by atoms with van der Waals surface area (Å²) in [5.74, 6) is 0.949. The molecule has 0 unspecified atom stereocenters.